The van der Waals surface area contributed by atoms with E-state index in [9.17, 15) is 14.4 Å². The number of imide groups is 1. The van der Waals surface area contributed by atoms with E-state index in [1.165, 1.54) is 0 Å². The summed E-state index contributed by atoms with van der Waals surface area (Å²) < 4.78 is 0. The number of benzene rings is 3. The van der Waals surface area contributed by atoms with E-state index >= 15 is 0 Å². The van der Waals surface area contributed by atoms with Gasteiger partial charge in [-0.2, -0.15) is 0 Å². The van der Waals surface area contributed by atoms with Crippen LogP contribution in [0.5, 0.6) is 0 Å². The summed E-state index contributed by atoms with van der Waals surface area (Å²) in [6, 6.07) is 21.5. The van der Waals surface area contributed by atoms with Crippen molar-refractivity contribution >= 4 is 34.4 Å². The first-order valence-corrected chi connectivity index (χ1v) is 9.40. The second kappa shape index (κ2) is 6.97. The van der Waals surface area contributed by atoms with Gasteiger partial charge < -0.3 is 10.3 Å². The molecule has 3 aromatic carbocycles. The monoisotopic (exact) mass is 396 g/mol. The maximum atomic E-state index is 12.4. The van der Waals surface area contributed by atoms with Crippen LogP contribution in [0, 0.1) is 0 Å². The molecule has 0 aliphatic carbocycles. The van der Waals surface area contributed by atoms with Gasteiger partial charge in [-0.05, 0) is 48.5 Å². The molecule has 1 aromatic heterocycles. The molecule has 1 aliphatic heterocycles. The summed E-state index contributed by atoms with van der Waals surface area (Å²) >= 11 is 0. The average Bonchev–Trinajstić information content (AvgIpc) is 3.30. The fourth-order valence-electron chi connectivity index (χ4n) is 3.53. The van der Waals surface area contributed by atoms with Gasteiger partial charge in [-0.15, -0.1) is 0 Å². The highest BCUT2D eigenvalue weighted by Crippen LogP contribution is 2.24. The van der Waals surface area contributed by atoms with Crippen molar-refractivity contribution in [3.63, 3.8) is 0 Å². The van der Waals surface area contributed by atoms with Crippen molar-refractivity contribution < 1.29 is 14.4 Å². The molecular formula is C23H16N4O3. The maximum Gasteiger partial charge on any atom is 0.262 e. The van der Waals surface area contributed by atoms with Crippen LogP contribution in [-0.2, 0) is 4.79 Å². The Balaban J connectivity index is 1.28. The number of carbonyl (C=O) groups is 3. The molecule has 0 bridgehead atoms. The topological polar surface area (TPSA) is 95.2 Å². The van der Waals surface area contributed by atoms with Crippen LogP contribution in [0.3, 0.4) is 0 Å². The van der Waals surface area contributed by atoms with Gasteiger partial charge in [0.15, 0.2) is 0 Å². The summed E-state index contributed by atoms with van der Waals surface area (Å²) in [7, 11) is 0. The van der Waals surface area contributed by atoms with E-state index in [-0.39, 0.29) is 6.54 Å². The molecule has 3 amide bonds. The summed E-state index contributed by atoms with van der Waals surface area (Å²) in [6.07, 6.45) is 0. The molecule has 4 aromatic rings. The minimum atomic E-state index is -0.453. The molecule has 5 rings (SSSR count). The van der Waals surface area contributed by atoms with E-state index in [2.05, 4.69) is 15.3 Å². The lowest BCUT2D eigenvalue weighted by molar-refractivity contribution is -0.116. The molecule has 0 saturated heterocycles. The summed E-state index contributed by atoms with van der Waals surface area (Å²) in [5.74, 6) is -0.613. The number of carbonyl (C=O) groups excluding carboxylic acids is 3. The van der Waals surface area contributed by atoms with Gasteiger partial charge in [-0.3, -0.25) is 19.3 Å². The van der Waals surface area contributed by atoms with Crippen LogP contribution < -0.4 is 5.32 Å². The molecular weight excluding hydrogens is 380 g/mol. The molecule has 0 radical (unpaired) electrons. The number of para-hydroxylation sites is 2. The van der Waals surface area contributed by atoms with Crippen LogP contribution in [0.2, 0.25) is 0 Å². The normalized spacial score (nSPS) is 13.0. The molecule has 2 N–H and O–H groups in total. The van der Waals surface area contributed by atoms with E-state index in [0.717, 1.165) is 27.3 Å². The van der Waals surface area contributed by atoms with Crippen molar-refractivity contribution in [1.29, 1.82) is 0 Å². The molecule has 0 atom stereocenters. The zero-order valence-electron chi connectivity index (χ0n) is 15.8. The van der Waals surface area contributed by atoms with Gasteiger partial charge in [0.25, 0.3) is 11.8 Å². The Morgan fingerprint density at radius 1 is 0.867 bits per heavy atom. The molecule has 1 aliphatic rings. The molecule has 2 heterocycles. The van der Waals surface area contributed by atoms with Gasteiger partial charge in [0.05, 0.1) is 22.2 Å². The van der Waals surface area contributed by atoms with Crippen LogP contribution in [0.4, 0.5) is 5.69 Å². The van der Waals surface area contributed by atoms with Gasteiger partial charge in [0.1, 0.15) is 12.4 Å². The predicted molar refractivity (Wildman–Crippen MR) is 112 cm³/mol. The first kappa shape index (κ1) is 17.8. The third kappa shape index (κ3) is 3.02. The minimum Gasteiger partial charge on any atom is -0.338 e. The first-order valence-electron chi connectivity index (χ1n) is 9.40. The molecule has 30 heavy (non-hydrogen) atoms. The fraction of sp³-hybridized carbons (Fsp3) is 0.0435. The highest BCUT2D eigenvalue weighted by molar-refractivity contribution is 6.22. The Labute approximate surface area is 171 Å². The third-order valence-electron chi connectivity index (χ3n) is 5.01. The van der Waals surface area contributed by atoms with E-state index in [0.29, 0.717) is 16.8 Å². The van der Waals surface area contributed by atoms with Gasteiger partial charge in [-0.1, -0.05) is 24.3 Å². The number of aromatic nitrogens is 2. The molecule has 7 heteroatoms. The molecule has 0 saturated carbocycles. The zero-order valence-corrected chi connectivity index (χ0v) is 15.8. The first-order chi connectivity index (χ1) is 14.6. The number of rotatable bonds is 4. The van der Waals surface area contributed by atoms with Gasteiger partial charge in [-0.25, -0.2) is 4.98 Å². The number of fused-ring (bicyclic) bond motifs is 2. The Bertz CT molecular complexity index is 1240. The Morgan fingerprint density at radius 3 is 2.17 bits per heavy atom. The SMILES string of the molecule is O=C(CN1C(=O)c2ccccc2C1=O)Nc1ccc(-c2nc3ccccc3[nH]2)cc1. The van der Waals surface area contributed by atoms with Crippen LogP contribution >= 0.6 is 0 Å². The summed E-state index contributed by atoms with van der Waals surface area (Å²) in [5.41, 5.74) is 3.92. The molecule has 7 nitrogen and oxygen atoms in total. The van der Waals surface area contributed by atoms with Crippen molar-refractivity contribution in [3.8, 4) is 11.4 Å². The third-order valence-corrected chi connectivity index (χ3v) is 5.01. The van der Waals surface area contributed by atoms with Crippen molar-refractivity contribution in [2.45, 2.75) is 0 Å². The number of nitrogens with zero attached hydrogens (tertiary/aromatic N) is 2. The van der Waals surface area contributed by atoms with Crippen molar-refractivity contribution in [1.82, 2.24) is 14.9 Å². The molecule has 0 spiro atoms. The number of aromatic amines is 1. The van der Waals surface area contributed by atoms with Crippen molar-refractivity contribution in [2.75, 3.05) is 11.9 Å². The smallest absolute Gasteiger partial charge is 0.262 e. The number of hydrogen-bond donors (Lipinski definition) is 2. The minimum absolute atomic E-state index is 0.325. The molecule has 0 fully saturated rings. The fourth-order valence-corrected chi connectivity index (χ4v) is 3.53. The largest absolute Gasteiger partial charge is 0.338 e. The Morgan fingerprint density at radius 2 is 1.50 bits per heavy atom. The quantitative estimate of drug-likeness (QED) is 0.517. The van der Waals surface area contributed by atoms with Crippen LogP contribution in [0.25, 0.3) is 22.4 Å². The highest BCUT2D eigenvalue weighted by atomic mass is 16.2. The van der Waals surface area contributed by atoms with Gasteiger partial charge in [0, 0.05) is 11.3 Å². The second-order valence-corrected chi connectivity index (χ2v) is 6.97. The van der Waals surface area contributed by atoms with Crippen molar-refractivity contribution in [2.24, 2.45) is 0 Å². The maximum absolute atomic E-state index is 12.4. The summed E-state index contributed by atoms with van der Waals surface area (Å²) in [5, 5.41) is 2.73. The summed E-state index contributed by atoms with van der Waals surface area (Å²) in [6.45, 7) is -0.336. The Kier molecular flexibility index (Phi) is 4.14. The number of nitrogens with one attached hydrogen (secondary N) is 2. The number of H-pyrrole nitrogens is 1. The highest BCUT2D eigenvalue weighted by Gasteiger charge is 2.36. The number of hydrogen-bond acceptors (Lipinski definition) is 4. The zero-order chi connectivity index (χ0) is 20.7. The standard InChI is InChI=1S/C23H16N4O3/c28-20(13-27-22(29)16-5-1-2-6-17(16)23(27)30)24-15-11-9-14(10-12-15)21-25-18-7-3-4-8-19(18)26-21/h1-12H,13H2,(H,24,28)(H,25,26). The van der Waals surface area contributed by atoms with Crippen LogP contribution in [-0.4, -0.2) is 39.1 Å². The number of amides is 3. The van der Waals surface area contributed by atoms with Gasteiger partial charge >= 0.3 is 0 Å². The van der Waals surface area contributed by atoms with Crippen LogP contribution in [0.1, 0.15) is 20.7 Å². The second-order valence-electron chi connectivity index (χ2n) is 6.97. The number of imidazole rings is 1. The van der Waals surface area contributed by atoms with Crippen LogP contribution in [0.15, 0.2) is 72.8 Å². The Hall–Kier alpha value is -4.26. The van der Waals surface area contributed by atoms with Gasteiger partial charge in [0.2, 0.25) is 5.91 Å². The number of anilines is 1. The lowest BCUT2D eigenvalue weighted by atomic mass is 10.1. The lowest BCUT2D eigenvalue weighted by Gasteiger charge is -2.13. The predicted octanol–water partition coefficient (Wildman–Crippen LogP) is 3.46. The van der Waals surface area contributed by atoms with E-state index in [4.69, 9.17) is 0 Å². The van der Waals surface area contributed by atoms with Crippen molar-refractivity contribution in [3.05, 3.63) is 83.9 Å². The van der Waals surface area contributed by atoms with E-state index in [1.54, 1.807) is 36.4 Å². The molecule has 0 unspecified atom stereocenters. The average molecular weight is 396 g/mol. The van der Waals surface area contributed by atoms with E-state index < -0.39 is 17.7 Å². The van der Waals surface area contributed by atoms with E-state index in [1.807, 2.05) is 36.4 Å². The summed E-state index contributed by atoms with van der Waals surface area (Å²) in [4.78, 5) is 46.0. The lowest BCUT2D eigenvalue weighted by Crippen LogP contribution is -2.37. The molecule has 146 valence electrons.